The van der Waals surface area contributed by atoms with Crippen LogP contribution in [0.3, 0.4) is 0 Å². The van der Waals surface area contributed by atoms with Crippen LogP contribution >= 0.6 is 11.6 Å². The van der Waals surface area contributed by atoms with Gasteiger partial charge in [0.25, 0.3) is 0 Å². The van der Waals surface area contributed by atoms with E-state index >= 15 is 0 Å². The van der Waals surface area contributed by atoms with E-state index in [4.69, 9.17) is 21.1 Å². The van der Waals surface area contributed by atoms with E-state index in [0.717, 1.165) is 17.0 Å². The molecule has 0 aliphatic rings. The first kappa shape index (κ1) is 14.4. The highest BCUT2D eigenvalue weighted by Gasteiger charge is 2.11. The van der Waals surface area contributed by atoms with Gasteiger partial charge >= 0.3 is 0 Å². The summed E-state index contributed by atoms with van der Waals surface area (Å²) in [6.45, 7) is 3.65. The number of aromatic nitrogens is 2. The molecule has 0 radical (unpaired) electrons. The number of aryl methyl sites for hydroxylation is 1. The van der Waals surface area contributed by atoms with E-state index < -0.39 is 0 Å². The highest BCUT2D eigenvalue weighted by atomic mass is 35.5. The van der Waals surface area contributed by atoms with Gasteiger partial charge in [-0.1, -0.05) is 11.6 Å². The standard InChI is InChI=1S/C14H16ClN3O2/c1-8-13(15)16-9(2)17-14(8)18-11-6-5-10(19-3)7-12(11)20-4/h5-7H,1-4H3,(H,16,17,18). The average Bonchev–Trinajstić information content (AvgIpc) is 2.44. The molecule has 0 fully saturated rings. The lowest BCUT2D eigenvalue weighted by Gasteiger charge is -2.14. The summed E-state index contributed by atoms with van der Waals surface area (Å²) in [6, 6.07) is 5.51. The van der Waals surface area contributed by atoms with Crippen LogP contribution in [0.25, 0.3) is 0 Å². The first-order valence-corrected chi connectivity index (χ1v) is 6.42. The van der Waals surface area contributed by atoms with Crippen LogP contribution in [0.1, 0.15) is 11.4 Å². The molecule has 6 heteroatoms. The van der Waals surface area contributed by atoms with Gasteiger partial charge in [-0.05, 0) is 26.0 Å². The SMILES string of the molecule is COc1ccc(Nc2nc(C)nc(Cl)c2C)c(OC)c1. The molecule has 0 spiro atoms. The summed E-state index contributed by atoms with van der Waals surface area (Å²) in [5.41, 5.74) is 1.57. The van der Waals surface area contributed by atoms with Gasteiger partial charge in [0, 0.05) is 11.6 Å². The number of nitrogens with zero attached hydrogens (tertiary/aromatic N) is 2. The Labute approximate surface area is 122 Å². The molecule has 0 aliphatic heterocycles. The maximum Gasteiger partial charge on any atom is 0.146 e. The largest absolute Gasteiger partial charge is 0.497 e. The topological polar surface area (TPSA) is 56.3 Å². The van der Waals surface area contributed by atoms with Crippen LogP contribution in [-0.4, -0.2) is 24.2 Å². The Balaban J connectivity index is 2.39. The Bertz CT molecular complexity index is 632. The van der Waals surface area contributed by atoms with Crippen molar-refractivity contribution in [1.82, 2.24) is 9.97 Å². The quantitative estimate of drug-likeness (QED) is 0.874. The number of hydrogen-bond donors (Lipinski definition) is 1. The van der Waals surface area contributed by atoms with Crippen LogP contribution in [-0.2, 0) is 0 Å². The number of benzene rings is 1. The smallest absolute Gasteiger partial charge is 0.146 e. The summed E-state index contributed by atoms with van der Waals surface area (Å²) >= 11 is 6.06. The van der Waals surface area contributed by atoms with Gasteiger partial charge in [0.15, 0.2) is 0 Å². The van der Waals surface area contributed by atoms with Crippen LogP contribution < -0.4 is 14.8 Å². The van der Waals surface area contributed by atoms with Gasteiger partial charge in [0.1, 0.15) is 28.3 Å². The van der Waals surface area contributed by atoms with Gasteiger partial charge in [0.2, 0.25) is 0 Å². The van der Waals surface area contributed by atoms with Crippen molar-refractivity contribution < 1.29 is 9.47 Å². The third-order valence-electron chi connectivity index (χ3n) is 2.86. The zero-order valence-electron chi connectivity index (χ0n) is 11.8. The Morgan fingerprint density at radius 2 is 1.85 bits per heavy atom. The van der Waals surface area contributed by atoms with Crippen molar-refractivity contribution in [2.24, 2.45) is 0 Å². The minimum absolute atomic E-state index is 0.437. The zero-order valence-corrected chi connectivity index (χ0v) is 12.6. The summed E-state index contributed by atoms with van der Waals surface area (Å²) in [4.78, 5) is 8.46. The fourth-order valence-corrected chi connectivity index (χ4v) is 1.96. The Kier molecular flexibility index (Phi) is 4.29. The molecule has 0 unspecified atom stereocenters. The summed E-state index contributed by atoms with van der Waals surface area (Å²) in [5.74, 6) is 2.65. The molecule has 1 aromatic heterocycles. The fraction of sp³-hybridized carbons (Fsp3) is 0.286. The average molecular weight is 294 g/mol. The number of anilines is 2. The molecule has 0 amide bonds. The van der Waals surface area contributed by atoms with E-state index in [1.165, 1.54) is 0 Å². The first-order chi connectivity index (χ1) is 9.55. The van der Waals surface area contributed by atoms with Crippen LogP contribution in [0, 0.1) is 13.8 Å². The fourth-order valence-electron chi connectivity index (χ4n) is 1.75. The van der Waals surface area contributed by atoms with Crippen LogP contribution in [0.4, 0.5) is 11.5 Å². The molecule has 1 N–H and O–H groups in total. The molecular formula is C14H16ClN3O2. The second kappa shape index (κ2) is 5.96. The Morgan fingerprint density at radius 3 is 2.50 bits per heavy atom. The van der Waals surface area contributed by atoms with E-state index in [-0.39, 0.29) is 0 Å². The number of rotatable bonds is 4. The van der Waals surface area contributed by atoms with Gasteiger partial charge in [0.05, 0.1) is 19.9 Å². The second-order valence-electron chi connectivity index (χ2n) is 4.23. The monoisotopic (exact) mass is 293 g/mol. The number of hydrogen-bond acceptors (Lipinski definition) is 5. The summed E-state index contributed by atoms with van der Waals surface area (Å²) in [6.07, 6.45) is 0. The first-order valence-electron chi connectivity index (χ1n) is 6.05. The molecule has 0 bridgehead atoms. The Hall–Kier alpha value is -2.01. The summed E-state index contributed by atoms with van der Waals surface area (Å²) in [7, 11) is 3.21. The number of halogens is 1. The molecule has 2 rings (SSSR count). The van der Waals surface area contributed by atoms with Crippen molar-refractivity contribution in [3.63, 3.8) is 0 Å². The molecule has 20 heavy (non-hydrogen) atoms. The lowest BCUT2D eigenvalue weighted by molar-refractivity contribution is 0.395. The third kappa shape index (κ3) is 2.93. The summed E-state index contributed by atoms with van der Waals surface area (Å²) < 4.78 is 10.5. The second-order valence-corrected chi connectivity index (χ2v) is 4.58. The van der Waals surface area contributed by atoms with Gasteiger partial charge in [-0.15, -0.1) is 0 Å². The van der Waals surface area contributed by atoms with Gasteiger partial charge in [-0.25, -0.2) is 9.97 Å². The van der Waals surface area contributed by atoms with Crippen LogP contribution in [0.15, 0.2) is 18.2 Å². The van der Waals surface area contributed by atoms with Crippen molar-refractivity contribution in [3.8, 4) is 11.5 Å². The minimum Gasteiger partial charge on any atom is -0.497 e. The molecule has 0 saturated carbocycles. The predicted octanol–water partition coefficient (Wildman–Crippen LogP) is 3.51. The van der Waals surface area contributed by atoms with Crippen molar-refractivity contribution in [2.75, 3.05) is 19.5 Å². The van der Waals surface area contributed by atoms with Crippen LogP contribution in [0.2, 0.25) is 5.15 Å². The minimum atomic E-state index is 0.437. The third-order valence-corrected chi connectivity index (χ3v) is 3.23. The van der Waals surface area contributed by atoms with Gasteiger partial charge in [-0.2, -0.15) is 0 Å². The molecule has 1 aromatic carbocycles. The lowest BCUT2D eigenvalue weighted by atomic mass is 10.2. The predicted molar refractivity (Wildman–Crippen MR) is 79.3 cm³/mol. The van der Waals surface area contributed by atoms with Crippen LogP contribution in [0.5, 0.6) is 11.5 Å². The molecule has 1 heterocycles. The van der Waals surface area contributed by atoms with E-state index in [0.29, 0.717) is 22.5 Å². The maximum atomic E-state index is 6.06. The zero-order chi connectivity index (χ0) is 14.7. The van der Waals surface area contributed by atoms with Crippen molar-refractivity contribution >= 4 is 23.1 Å². The molecule has 0 saturated heterocycles. The highest BCUT2D eigenvalue weighted by Crippen LogP contribution is 2.32. The van der Waals surface area contributed by atoms with Gasteiger partial charge in [-0.3, -0.25) is 0 Å². The normalized spacial score (nSPS) is 10.2. The molecular weight excluding hydrogens is 278 g/mol. The van der Waals surface area contributed by atoms with E-state index in [1.54, 1.807) is 27.2 Å². The molecule has 106 valence electrons. The molecule has 5 nitrogen and oxygen atoms in total. The molecule has 0 aliphatic carbocycles. The van der Waals surface area contributed by atoms with Crippen molar-refractivity contribution in [3.05, 3.63) is 34.7 Å². The van der Waals surface area contributed by atoms with E-state index in [2.05, 4.69) is 15.3 Å². The number of methoxy groups -OCH3 is 2. The molecule has 2 aromatic rings. The highest BCUT2D eigenvalue weighted by molar-refractivity contribution is 6.30. The summed E-state index contributed by atoms with van der Waals surface area (Å²) in [5, 5.41) is 3.65. The van der Waals surface area contributed by atoms with E-state index in [1.807, 2.05) is 19.1 Å². The van der Waals surface area contributed by atoms with E-state index in [9.17, 15) is 0 Å². The number of ether oxygens (including phenoxy) is 2. The molecule has 0 atom stereocenters. The van der Waals surface area contributed by atoms with Crippen molar-refractivity contribution in [1.29, 1.82) is 0 Å². The maximum absolute atomic E-state index is 6.06. The number of nitrogens with one attached hydrogen (secondary N) is 1. The lowest BCUT2D eigenvalue weighted by Crippen LogP contribution is -2.02. The Morgan fingerprint density at radius 1 is 1.10 bits per heavy atom. The van der Waals surface area contributed by atoms with Gasteiger partial charge < -0.3 is 14.8 Å². The van der Waals surface area contributed by atoms with Crippen molar-refractivity contribution in [2.45, 2.75) is 13.8 Å².